The number of hydrogen-bond acceptors (Lipinski definition) is 8. The fourth-order valence-electron chi connectivity index (χ4n) is 3.43. The van der Waals surface area contributed by atoms with Crippen molar-refractivity contribution in [3.05, 3.63) is 47.3 Å². The first-order chi connectivity index (χ1) is 18.6. The molecular formula is C23H19F6N5O6. The van der Waals surface area contributed by atoms with E-state index >= 15 is 0 Å². The molecule has 0 amide bonds. The normalized spacial score (nSPS) is 11.8. The zero-order chi connectivity index (χ0) is 30.3. The van der Waals surface area contributed by atoms with Crippen molar-refractivity contribution in [2.45, 2.75) is 25.2 Å². The molecule has 0 bridgehead atoms. The number of aromatic nitrogens is 3. The molecule has 6 N–H and O–H groups in total. The molecule has 1 aliphatic carbocycles. The number of aliphatic hydroxyl groups excluding tert-OH is 1. The number of benzene rings is 1. The van der Waals surface area contributed by atoms with Crippen LogP contribution < -0.4 is 10.5 Å². The second-order valence-corrected chi connectivity index (χ2v) is 7.62. The van der Waals surface area contributed by atoms with Gasteiger partial charge in [0.2, 0.25) is 0 Å². The number of aryl methyl sites for hydroxylation is 1. The lowest BCUT2D eigenvalue weighted by atomic mass is 9.85. The summed E-state index contributed by atoms with van der Waals surface area (Å²) in [4.78, 5) is 22.3. The summed E-state index contributed by atoms with van der Waals surface area (Å²) < 4.78 is 69.2. The Morgan fingerprint density at radius 3 is 2.15 bits per heavy atom. The van der Waals surface area contributed by atoms with E-state index in [1.165, 1.54) is 0 Å². The molecule has 17 heteroatoms. The average Bonchev–Trinajstić information content (AvgIpc) is 3.36. The van der Waals surface area contributed by atoms with Crippen molar-refractivity contribution < 1.29 is 56.0 Å². The van der Waals surface area contributed by atoms with E-state index < -0.39 is 24.3 Å². The van der Waals surface area contributed by atoms with E-state index in [-0.39, 0.29) is 19.0 Å². The minimum atomic E-state index is -5.08. The number of pyridine rings is 1. The maximum absolute atomic E-state index is 10.6. The number of aliphatic carboxylic acids is 2. The van der Waals surface area contributed by atoms with Crippen LogP contribution in [0.15, 0.2) is 30.5 Å². The van der Waals surface area contributed by atoms with Crippen LogP contribution in [0.1, 0.15) is 16.8 Å². The molecule has 0 unspecified atom stereocenters. The molecule has 0 saturated heterocycles. The van der Waals surface area contributed by atoms with Gasteiger partial charge in [-0.15, -0.1) is 0 Å². The highest BCUT2D eigenvalue weighted by Crippen LogP contribution is 2.43. The molecule has 214 valence electrons. The summed E-state index contributed by atoms with van der Waals surface area (Å²) in [5, 5.41) is 40.2. The average molecular weight is 575 g/mol. The predicted octanol–water partition coefficient (Wildman–Crippen LogP) is 3.33. The molecule has 2 heterocycles. The van der Waals surface area contributed by atoms with Gasteiger partial charge in [0.25, 0.3) is 0 Å². The van der Waals surface area contributed by atoms with Gasteiger partial charge in [-0.25, -0.2) is 14.6 Å². The number of aliphatic hydroxyl groups is 1. The van der Waals surface area contributed by atoms with Crippen LogP contribution in [0.4, 0.5) is 32.2 Å². The highest BCUT2D eigenvalue weighted by molar-refractivity contribution is 5.88. The Kier molecular flexibility index (Phi) is 10.0. The van der Waals surface area contributed by atoms with Gasteiger partial charge in [-0.05, 0) is 24.5 Å². The van der Waals surface area contributed by atoms with Gasteiger partial charge in [0.15, 0.2) is 0 Å². The Labute approximate surface area is 220 Å². The van der Waals surface area contributed by atoms with E-state index in [4.69, 9.17) is 35.4 Å². The smallest absolute Gasteiger partial charge is 0.490 e. The number of aromatic amines is 1. The number of carboxylic acids is 2. The van der Waals surface area contributed by atoms with Crippen molar-refractivity contribution in [3.8, 4) is 34.2 Å². The van der Waals surface area contributed by atoms with Gasteiger partial charge in [-0.1, -0.05) is 18.2 Å². The summed E-state index contributed by atoms with van der Waals surface area (Å²) in [6, 6.07) is 9.66. The number of anilines is 1. The molecule has 4 rings (SSSR count). The van der Waals surface area contributed by atoms with Gasteiger partial charge >= 0.3 is 24.3 Å². The first-order valence-corrected chi connectivity index (χ1v) is 10.8. The number of carboxylic acid groups (broad SMARTS) is 2. The molecule has 3 aromatic rings. The van der Waals surface area contributed by atoms with Crippen molar-refractivity contribution in [1.82, 2.24) is 15.2 Å². The Morgan fingerprint density at radius 2 is 1.62 bits per heavy atom. The summed E-state index contributed by atoms with van der Waals surface area (Å²) in [5.41, 5.74) is 11.6. The summed E-state index contributed by atoms with van der Waals surface area (Å²) in [5.74, 6) is -4.73. The first-order valence-electron chi connectivity index (χ1n) is 10.8. The topological polar surface area (TPSA) is 195 Å². The largest absolute Gasteiger partial charge is 0.491 e. The van der Waals surface area contributed by atoms with Crippen LogP contribution in [0, 0.1) is 11.3 Å². The van der Waals surface area contributed by atoms with Crippen molar-refractivity contribution in [1.29, 1.82) is 5.26 Å². The number of H-pyrrole nitrogens is 1. The fourth-order valence-corrected chi connectivity index (χ4v) is 3.43. The molecule has 0 atom stereocenters. The second kappa shape index (κ2) is 12.8. The molecule has 0 aliphatic heterocycles. The van der Waals surface area contributed by atoms with Gasteiger partial charge in [0.05, 0.1) is 18.5 Å². The van der Waals surface area contributed by atoms with Crippen LogP contribution in [0.3, 0.4) is 0 Å². The number of nitrogens with two attached hydrogens (primary N) is 1. The molecule has 2 aromatic heterocycles. The Balaban J connectivity index is 0.000000333. The summed E-state index contributed by atoms with van der Waals surface area (Å²) in [6.45, 7) is 0.0853. The number of nitrogen functional groups attached to an aromatic ring is 1. The number of ether oxygens (including phenoxy) is 1. The number of para-hydroxylation sites is 1. The van der Waals surface area contributed by atoms with Gasteiger partial charge in [-0.3, -0.25) is 5.10 Å². The minimum absolute atomic E-state index is 0.0889. The number of carbonyl (C=O) groups is 2. The Morgan fingerprint density at radius 1 is 1.05 bits per heavy atom. The number of rotatable bonds is 4. The number of nitriles is 1. The third kappa shape index (κ3) is 7.60. The molecule has 40 heavy (non-hydrogen) atoms. The molecule has 1 aromatic carbocycles. The van der Waals surface area contributed by atoms with Gasteiger partial charge in [0.1, 0.15) is 29.8 Å². The van der Waals surface area contributed by atoms with E-state index in [0.717, 1.165) is 46.5 Å². The van der Waals surface area contributed by atoms with E-state index in [9.17, 15) is 31.6 Å². The quantitative estimate of drug-likeness (QED) is 0.288. The number of nitrogens with one attached hydrogen (secondary N) is 1. The number of alkyl halides is 6. The minimum Gasteiger partial charge on any atom is -0.491 e. The van der Waals surface area contributed by atoms with Crippen LogP contribution in [-0.2, 0) is 22.4 Å². The number of nitrogens with zero attached hydrogens (tertiary/aromatic N) is 3. The highest BCUT2D eigenvalue weighted by atomic mass is 19.4. The predicted molar refractivity (Wildman–Crippen MR) is 124 cm³/mol. The monoisotopic (exact) mass is 575 g/mol. The van der Waals surface area contributed by atoms with Crippen LogP contribution in [0.25, 0.3) is 22.4 Å². The molecule has 1 aliphatic rings. The van der Waals surface area contributed by atoms with E-state index in [0.29, 0.717) is 11.3 Å². The number of halogens is 6. The highest BCUT2D eigenvalue weighted by Gasteiger charge is 2.39. The number of hydrogen-bond donors (Lipinski definition) is 5. The summed E-state index contributed by atoms with van der Waals surface area (Å²) >= 11 is 0. The molecule has 0 spiro atoms. The Bertz CT molecular complexity index is 1390. The SMILES string of the molecule is N#Cc1c(N)nc2c(c1-c1ccccc1OCCO)CCc1[nH]ncc1-2.O=C(O)C(F)(F)F.O=C(O)C(F)(F)F. The van der Waals surface area contributed by atoms with E-state index in [1.807, 2.05) is 24.3 Å². The fraction of sp³-hybridized carbons (Fsp3) is 0.261. The van der Waals surface area contributed by atoms with Gasteiger partial charge in [0, 0.05) is 22.4 Å². The molecule has 0 fully saturated rings. The lowest BCUT2D eigenvalue weighted by molar-refractivity contribution is -0.193. The first kappa shape index (κ1) is 31.4. The zero-order valence-corrected chi connectivity index (χ0v) is 20.0. The van der Waals surface area contributed by atoms with Crippen molar-refractivity contribution in [2.24, 2.45) is 0 Å². The maximum atomic E-state index is 10.6. The summed E-state index contributed by atoms with van der Waals surface area (Å²) in [6.07, 6.45) is -6.93. The van der Waals surface area contributed by atoms with Crippen LogP contribution in [0.2, 0.25) is 0 Å². The van der Waals surface area contributed by atoms with Crippen molar-refractivity contribution >= 4 is 17.8 Å². The van der Waals surface area contributed by atoms with Crippen LogP contribution in [0.5, 0.6) is 5.75 Å². The zero-order valence-electron chi connectivity index (χ0n) is 20.0. The van der Waals surface area contributed by atoms with Gasteiger partial charge < -0.3 is 25.8 Å². The summed E-state index contributed by atoms with van der Waals surface area (Å²) in [7, 11) is 0. The van der Waals surface area contributed by atoms with Crippen molar-refractivity contribution in [2.75, 3.05) is 18.9 Å². The second-order valence-electron chi connectivity index (χ2n) is 7.62. The molecular weight excluding hydrogens is 556 g/mol. The lowest BCUT2D eigenvalue weighted by Crippen LogP contribution is -2.21. The van der Waals surface area contributed by atoms with Crippen LogP contribution >= 0.6 is 0 Å². The molecule has 0 saturated carbocycles. The third-order valence-electron chi connectivity index (χ3n) is 5.03. The van der Waals surface area contributed by atoms with Gasteiger partial charge in [-0.2, -0.15) is 36.7 Å². The number of fused-ring (bicyclic) bond motifs is 3. The maximum Gasteiger partial charge on any atom is 0.490 e. The third-order valence-corrected chi connectivity index (χ3v) is 5.03. The standard InChI is InChI=1S/C19H17N5O2.2C2HF3O2/c20-9-13-17(11-3-1-2-4-16(11)26-8-7-25)12-5-6-15-14(10-22-24-15)18(12)23-19(13)21;2*3-2(4,5)1(6)7/h1-4,10,25H,5-8H2,(H2,21,23)(H,22,24);2*(H,6,7). The van der Waals surface area contributed by atoms with Crippen LogP contribution in [-0.4, -0.2) is 68.0 Å². The molecule has 0 radical (unpaired) electrons. The Hall–Kier alpha value is -4.85. The van der Waals surface area contributed by atoms with Crippen molar-refractivity contribution in [3.63, 3.8) is 0 Å². The van der Waals surface area contributed by atoms with E-state index in [2.05, 4.69) is 21.3 Å². The lowest BCUT2D eigenvalue weighted by Gasteiger charge is -2.22. The molecule has 11 nitrogen and oxygen atoms in total. The van der Waals surface area contributed by atoms with E-state index in [1.54, 1.807) is 6.20 Å².